The SMILES string of the molecule is CCN(CC)c1ccc2nc3cc(OC)c(=[N+]4CCN(C(=O)OC(C)(C)C)CC4)cc-3sc2c1. The van der Waals surface area contributed by atoms with E-state index in [0.717, 1.165) is 53.4 Å². The number of carbonyl (C=O) groups excluding carboxylic acids is 1. The minimum absolute atomic E-state index is 0.250. The Morgan fingerprint density at radius 2 is 1.85 bits per heavy atom. The minimum Gasteiger partial charge on any atom is -0.490 e. The van der Waals surface area contributed by atoms with Crippen LogP contribution in [-0.2, 0) is 4.74 Å². The predicted octanol–water partition coefficient (Wildman–Crippen LogP) is 4.28. The van der Waals surface area contributed by atoms with Crippen molar-refractivity contribution in [2.45, 2.75) is 40.2 Å². The average Bonchev–Trinajstić information content (AvgIpc) is 2.81. The van der Waals surface area contributed by atoms with Crippen LogP contribution < -0.4 is 19.6 Å². The van der Waals surface area contributed by atoms with Crippen LogP contribution in [0.15, 0.2) is 30.3 Å². The van der Waals surface area contributed by atoms with Crippen molar-refractivity contribution in [2.75, 3.05) is 51.3 Å². The highest BCUT2D eigenvalue weighted by atomic mass is 32.1. The van der Waals surface area contributed by atoms with Gasteiger partial charge < -0.3 is 14.4 Å². The maximum Gasteiger partial charge on any atom is 0.410 e. The second-order valence-electron chi connectivity index (χ2n) is 9.48. The first kappa shape index (κ1) is 24.3. The summed E-state index contributed by atoms with van der Waals surface area (Å²) in [6, 6.07) is 10.7. The smallest absolute Gasteiger partial charge is 0.410 e. The number of nitrogens with zero attached hydrogens (tertiary/aromatic N) is 4. The van der Waals surface area contributed by atoms with Crippen molar-refractivity contribution < 1.29 is 14.3 Å². The van der Waals surface area contributed by atoms with Gasteiger partial charge in [-0.15, -0.1) is 11.3 Å². The number of piperazine rings is 1. The molecule has 1 aromatic rings. The minimum atomic E-state index is -0.488. The van der Waals surface area contributed by atoms with Crippen LogP contribution >= 0.6 is 11.3 Å². The van der Waals surface area contributed by atoms with Gasteiger partial charge in [-0.05, 0) is 52.8 Å². The fourth-order valence-corrected chi connectivity index (χ4v) is 5.30. The van der Waals surface area contributed by atoms with Gasteiger partial charge >= 0.3 is 6.09 Å². The van der Waals surface area contributed by atoms with E-state index in [1.54, 1.807) is 23.3 Å². The molecule has 0 N–H and O–H groups in total. The molecular formula is C26H35N4O3S+. The molecule has 0 bridgehead atoms. The summed E-state index contributed by atoms with van der Waals surface area (Å²) in [5, 5.41) is 1.04. The van der Waals surface area contributed by atoms with E-state index >= 15 is 0 Å². The zero-order valence-corrected chi connectivity index (χ0v) is 21.9. The topological polar surface area (TPSA) is 57.9 Å². The third-order valence-electron chi connectivity index (χ3n) is 6.07. The maximum absolute atomic E-state index is 12.4. The number of aromatic nitrogens is 1. The van der Waals surface area contributed by atoms with Crippen LogP contribution in [0.4, 0.5) is 10.5 Å². The first-order chi connectivity index (χ1) is 16.2. The average molecular weight is 484 g/mol. The molecule has 1 aromatic carbocycles. The molecule has 0 radical (unpaired) electrons. The van der Waals surface area contributed by atoms with Gasteiger partial charge in [-0.1, -0.05) is 0 Å². The molecular weight excluding hydrogens is 448 g/mol. The van der Waals surface area contributed by atoms with Crippen molar-refractivity contribution in [1.82, 2.24) is 14.5 Å². The Balaban J connectivity index is 1.70. The molecule has 182 valence electrons. The zero-order chi connectivity index (χ0) is 24.5. The highest BCUT2D eigenvalue weighted by Gasteiger charge is 2.28. The summed E-state index contributed by atoms with van der Waals surface area (Å²) < 4.78 is 14.7. The fourth-order valence-electron chi connectivity index (χ4n) is 4.29. The summed E-state index contributed by atoms with van der Waals surface area (Å²) >= 11 is 1.76. The lowest BCUT2D eigenvalue weighted by atomic mass is 10.2. The second-order valence-corrected chi connectivity index (χ2v) is 10.6. The highest BCUT2D eigenvalue weighted by Crippen LogP contribution is 2.33. The van der Waals surface area contributed by atoms with Crippen LogP contribution in [0.3, 0.4) is 0 Å². The van der Waals surface area contributed by atoms with E-state index in [9.17, 15) is 4.79 Å². The first-order valence-corrected chi connectivity index (χ1v) is 12.8. The van der Waals surface area contributed by atoms with E-state index in [1.807, 2.05) is 26.8 Å². The van der Waals surface area contributed by atoms with Gasteiger partial charge in [0.1, 0.15) is 5.60 Å². The van der Waals surface area contributed by atoms with Crippen molar-refractivity contribution in [3.8, 4) is 16.3 Å². The second kappa shape index (κ2) is 9.78. The van der Waals surface area contributed by atoms with E-state index in [1.165, 1.54) is 10.4 Å². The molecule has 0 atom stereocenters. The van der Waals surface area contributed by atoms with Gasteiger partial charge in [-0.2, -0.15) is 0 Å². The van der Waals surface area contributed by atoms with Gasteiger partial charge in [-0.25, -0.2) is 14.4 Å². The van der Waals surface area contributed by atoms with Gasteiger partial charge in [0, 0.05) is 30.9 Å². The van der Waals surface area contributed by atoms with E-state index in [0.29, 0.717) is 13.1 Å². The number of carbonyl (C=O) groups is 1. The molecule has 2 heterocycles. The number of ether oxygens (including phenoxy) is 2. The lowest BCUT2D eigenvalue weighted by Gasteiger charge is -2.28. The third kappa shape index (κ3) is 5.12. The lowest BCUT2D eigenvalue weighted by Crippen LogP contribution is -2.51. The van der Waals surface area contributed by atoms with Gasteiger partial charge in [0.25, 0.3) is 0 Å². The van der Waals surface area contributed by atoms with Crippen LogP contribution in [0.2, 0.25) is 0 Å². The Bertz CT molecular complexity index is 1220. The number of benzene rings is 2. The van der Waals surface area contributed by atoms with Crippen molar-refractivity contribution in [1.29, 1.82) is 0 Å². The molecule has 0 saturated carbocycles. The molecule has 1 aliphatic carbocycles. The number of amides is 1. The van der Waals surface area contributed by atoms with Crippen LogP contribution in [0.25, 0.3) is 20.8 Å². The lowest BCUT2D eigenvalue weighted by molar-refractivity contribution is 0.0217. The van der Waals surface area contributed by atoms with Crippen molar-refractivity contribution >= 4 is 33.3 Å². The summed E-state index contributed by atoms with van der Waals surface area (Å²) in [5.41, 5.74) is 2.66. The molecule has 1 amide bonds. The normalized spacial score (nSPS) is 14.5. The Kier molecular flexibility index (Phi) is 6.98. The first-order valence-electron chi connectivity index (χ1n) is 12.0. The predicted molar refractivity (Wildman–Crippen MR) is 139 cm³/mol. The van der Waals surface area contributed by atoms with Crippen LogP contribution in [0.5, 0.6) is 5.75 Å². The Morgan fingerprint density at radius 1 is 1.15 bits per heavy atom. The summed E-state index contributed by atoms with van der Waals surface area (Å²) in [6.45, 7) is 14.7. The maximum atomic E-state index is 12.4. The molecule has 7 nitrogen and oxygen atoms in total. The molecule has 34 heavy (non-hydrogen) atoms. The van der Waals surface area contributed by atoms with Gasteiger partial charge in [0.05, 0.1) is 41.0 Å². The highest BCUT2D eigenvalue weighted by molar-refractivity contribution is 7.21. The molecule has 1 fully saturated rings. The van der Waals surface area contributed by atoms with Crippen LogP contribution in [-0.4, -0.2) is 68.0 Å². The zero-order valence-electron chi connectivity index (χ0n) is 21.1. The molecule has 3 aliphatic rings. The number of rotatable bonds is 4. The largest absolute Gasteiger partial charge is 0.490 e. The summed E-state index contributed by atoms with van der Waals surface area (Å²) in [4.78, 5) is 22.6. The molecule has 0 unspecified atom stereocenters. The molecule has 0 spiro atoms. The Hall–Kier alpha value is -2.87. The number of hydrogen-bond acceptors (Lipinski definition) is 6. The number of anilines is 1. The molecule has 2 aliphatic heterocycles. The van der Waals surface area contributed by atoms with E-state index in [2.05, 4.69) is 47.6 Å². The quantitative estimate of drug-likeness (QED) is 0.410. The van der Waals surface area contributed by atoms with Crippen molar-refractivity contribution in [2.24, 2.45) is 0 Å². The standard InChI is InChI=1S/C26H35N4O3S/c1-7-28(8-2)18-9-10-19-23(15-18)34-24-17-21(22(32-6)16-20(24)27-19)29-11-13-30(14-12-29)25(31)33-26(3,4)5/h9-10,15-17H,7-8,11-14H2,1-6H3/q+1. The van der Waals surface area contributed by atoms with Crippen LogP contribution in [0, 0.1) is 0 Å². The van der Waals surface area contributed by atoms with Gasteiger partial charge in [0.2, 0.25) is 5.36 Å². The van der Waals surface area contributed by atoms with Crippen LogP contribution in [0.1, 0.15) is 34.6 Å². The number of hydrogen-bond donors (Lipinski definition) is 0. The Labute approximate surface area is 205 Å². The third-order valence-corrected chi connectivity index (χ3v) is 7.16. The number of fused-ring (bicyclic) bond motifs is 2. The monoisotopic (exact) mass is 483 g/mol. The summed E-state index contributed by atoms with van der Waals surface area (Å²) in [7, 11) is 1.70. The summed E-state index contributed by atoms with van der Waals surface area (Å²) in [6.07, 6.45) is -0.250. The van der Waals surface area contributed by atoms with E-state index in [4.69, 9.17) is 14.5 Å². The molecule has 0 aromatic heterocycles. The summed E-state index contributed by atoms with van der Waals surface area (Å²) in [5.74, 6) is 0.803. The molecule has 1 saturated heterocycles. The molecule has 4 rings (SSSR count). The van der Waals surface area contributed by atoms with Crippen molar-refractivity contribution in [3.63, 3.8) is 0 Å². The van der Waals surface area contributed by atoms with E-state index < -0.39 is 5.60 Å². The number of methoxy groups -OCH3 is 1. The molecule has 8 heteroatoms. The van der Waals surface area contributed by atoms with Gasteiger partial charge in [0.15, 0.2) is 18.8 Å². The van der Waals surface area contributed by atoms with Gasteiger partial charge in [-0.3, -0.25) is 4.90 Å². The fraction of sp³-hybridized carbons (Fsp3) is 0.500. The van der Waals surface area contributed by atoms with E-state index in [-0.39, 0.29) is 6.09 Å². The van der Waals surface area contributed by atoms with Crippen molar-refractivity contribution in [3.05, 3.63) is 35.7 Å². The Morgan fingerprint density at radius 3 is 2.47 bits per heavy atom.